The quantitative estimate of drug-likeness (QED) is 0.884. The van der Waals surface area contributed by atoms with Gasteiger partial charge in [0.05, 0.1) is 22.5 Å². The summed E-state index contributed by atoms with van der Waals surface area (Å²) in [5.41, 5.74) is 4.85. The van der Waals surface area contributed by atoms with Gasteiger partial charge in [-0.15, -0.1) is 0 Å². The van der Waals surface area contributed by atoms with E-state index in [1.807, 2.05) is 31.0 Å². The number of unbranched alkanes of at least 4 members (excludes halogenated alkanes) is 1. The maximum Gasteiger partial charge on any atom is 0.237 e. The number of carbonyl (C=O) groups is 1. The highest BCUT2D eigenvalue weighted by molar-refractivity contribution is 6.09. The van der Waals surface area contributed by atoms with Crippen LogP contribution in [0.1, 0.15) is 50.9 Å². The summed E-state index contributed by atoms with van der Waals surface area (Å²) in [6, 6.07) is 8.25. The van der Waals surface area contributed by atoms with Gasteiger partial charge >= 0.3 is 0 Å². The van der Waals surface area contributed by atoms with Crippen LogP contribution in [0, 0.1) is 0 Å². The summed E-state index contributed by atoms with van der Waals surface area (Å²) in [5.74, 6) is 0.198. The van der Waals surface area contributed by atoms with Gasteiger partial charge in [0.1, 0.15) is 6.17 Å². The third-order valence-corrected chi connectivity index (χ3v) is 5.23. The molecule has 0 fully saturated rings. The summed E-state index contributed by atoms with van der Waals surface area (Å²) in [5, 5.41) is 7.02. The van der Waals surface area contributed by atoms with E-state index in [9.17, 15) is 4.79 Å². The van der Waals surface area contributed by atoms with Crippen molar-refractivity contribution in [1.29, 1.82) is 0 Å². The lowest BCUT2D eigenvalue weighted by molar-refractivity contribution is -0.122. The molecule has 1 aromatic carbocycles. The Balaban J connectivity index is 1.70. The zero-order valence-electron chi connectivity index (χ0n) is 15.0. The second kappa shape index (κ2) is 5.76. The molecule has 0 aliphatic carbocycles. The number of pyridine rings is 1. The second-order valence-electron chi connectivity index (χ2n) is 7.36. The number of nitrogens with one attached hydrogen (secondary N) is 2. The molecular weight excluding hydrogens is 312 g/mol. The number of hydrogen-bond acceptors (Lipinski definition) is 4. The minimum Gasteiger partial charge on any atom is -0.360 e. The first-order chi connectivity index (χ1) is 12.0. The Kier molecular flexibility index (Phi) is 3.67. The number of anilines is 3. The second-order valence-corrected chi connectivity index (χ2v) is 7.36. The third-order valence-electron chi connectivity index (χ3n) is 5.23. The first kappa shape index (κ1) is 15.9. The van der Waals surface area contributed by atoms with Crippen molar-refractivity contribution in [2.45, 2.75) is 45.2 Å². The van der Waals surface area contributed by atoms with Crippen molar-refractivity contribution < 1.29 is 4.79 Å². The fourth-order valence-corrected chi connectivity index (χ4v) is 3.71. The van der Waals surface area contributed by atoms with Gasteiger partial charge in [-0.05, 0) is 44.0 Å². The highest BCUT2D eigenvalue weighted by Gasteiger charge is 2.44. The molecule has 1 aromatic heterocycles. The molecule has 1 atom stereocenters. The minimum absolute atomic E-state index is 0.00846. The van der Waals surface area contributed by atoms with Crippen LogP contribution in [0.5, 0.6) is 0 Å². The van der Waals surface area contributed by atoms with Crippen molar-refractivity contribution in [2.75, 3.05) is 22.1 Å². The van der Waals surface area contributed by atoms with Crippen LogP contribution in [0.3, 0.4) is 0 Å². The van der Waals surface area contributed by atoms with Gasteiger partial charge in [0.25, 0.3) is 0 Å². The Morgan fingerprint density at radius 3 is 2.68 bits per heavy atom. The zero-order valence-corrected chi connectivity index (χ0v) is 15.0. The molecule has 25 heavy (non-hydrogen) atoms. The van der Waals surface area contributed by atoms with Crippen LogP contribution >= 0.6 is 0 Å². The molecule has 130 valence electrons. The Morgan fingerprint density at radius 2 is 2.00 bits per heavy atom. The van der Waals surface area contributed by atoms with E-state index >= 15 is 0 Å². The van der Waals surface area contributed by atoms with E-state index < -0.39 is 5.41 Å². The highest BCUT2D eigenvalue weighted by atomic mass is 16.2. The van der Waals surface area contributed by atoms with Gasteiger partial charge < -0.3 is 15.5 Å². The largest absolute Gasteiger partial charge is 0.360 e. The Labute approximate surface area is 148 Å². The molecule has 0 radical (unpaired) electrons. The van der Waals surface area contributed by atoms with Crippen LogP contribution < -0.4 is 15.5 Å². The lowest BCUT2D eigenvalue weighted by atomic mass is 9.86. The molecule has 2 aromatic rings. The fraction of sp³-hybridized carbons (Fsp3) is 0.400. The number of nitrogens with zero attached hydrogens (tertiary/aromatic N) is 2. The van der Waals surface area contributed by atoms with Crippen LogP contribution in [-0.4, -0.2) is 17.4 Å². The fourth-order valence-electron chi connectivity index (χ4n) is 3.71. The molecule has 0 saturated carbocycles. The summed E-state index contributed by atoms with van der Waals surface area (Å²) in [4.78, 5) is 19.0. The predicted molar refractivity (Wildman–Crippen MR) is 101 cm³/mol. The zero-order chi connectivity index (χ0) is 17.6. The lowest BCUT2D eigenvalue weighted by Gasteiger charge is -2.20. The monoisotopic (exact) mass is 336 g/mol. The molecule has 3 heterocycles. The van der Waals surface area contributed by atoms with Crippen molar-refractivity contribution in [3.8, 4) is 0 Å². The smallest absolute Gasteiger partial charge is 0.237 e. The summed E-state index contributed by atoms with van der Waals surface area (Å²) in [7, 11) is 0. The van der Waals surface area contributed by atoms with Crippen LogP contribution in [0.15, 0.2) is 36.7 Å². The van der Waals surface area contributed by atoms with Crippen molar-refractivity contribution >= 4 is 23.0 Å². The van der Waals surface area contributed by atoms with Crippen molar-refractivity contribution in [3.63, 3.8) is 0 Å². The molecule has 5 heteroatoms. The van der Waals surface area contributed by atoms with Crippen molar-refractivity contribution in [3.05, 3.63) is 47.8 Å². The maximum atomic E-state index is 12.9. The van der Waals surface area contributed by atoms with E-state index in [2.05, 4.69) is 40.7 Å². The van der Waals surface area contributed by atoms with E-state index in [1.54, 1.807) is 6.20 Å². The Hall–Kier alpha value is -2.56. The average molecular weight is 336 g/mol. The van der Waals surface area contributed by atoms with Crippen LogP contribution in [-0.2, 0) is 10.2 Å². The summed E-state index contributed by atoms with van der Waals surface area (Å²) in [6.07, 6.45) is 5.75. The Morgan fingerprint density at radius 1 is 1.24 bits per heavy atom. The number of fused-ring (bicyclic) bond motifs is 2. The van der Waals surface area contributed by atoms with Crippen LogP contribution in [0.25, 0.3) is 0 Å². The molecule has 4 rings (SSSR count). The van der Waals surface area contributed by atoms with E-state index in [0.717, 1.165) is 47.6 Å². The molecule has 0 bridgehead atoms. The number of aromatic nitrogens is 1. The number of amides is 1. The van der Waals surface area contributed by atoms with Crippen molar-refractivity contribution in [1.82, 2.24) is 4.98 Å². The number of rotatable bonds is 4. The van der Waals surface area contributed by atoms with E-state index in [4.69, 9.17) is 0 Å². The van der Waals surface area contributed by atoms with Gasteiger partial charge in [0, 0.05) is 24.5 Å². The van der Waals surface area contributed by atoms with Gasteiger partial charge in [-0.1, -0.05) is 19.4 Å². The van der Waals surface area contributed by atoms with Crippen molar-refractivity contribution in [2.24, 2.45) is 0 Å². The van der Waals surface area contributed by atoms with E-state index in [1.165, 1.54) is 0 Å². The molecule has 0 spiro atoms. The standard InChI is InChI=1S/C20H24N4O/c1-4-5-9-24-17-11-16-15(10-14(17)20(2,3)19(24)25)22-18(23-16)13-7-6-8-21-12-13/h6-8,10-12,18,22-23H,4-5,9H2,1-3H3. The average Bonchev–Trinajstić information content (AvgIpc) is 3.11. The number of hydrogen-bond donors (Lipinski definition) is 2. The maximum absolute atomic E-state index is 12.9. The molecule has 0 saturated heterocycles. The van der Waals surface area contributed by atoms with E-state index in [0.29, 0.717) is 0 Å². The lowest BCUT2D eigenvalue weighted by Crippen LogP contribution is -2.36. The van der Waals surface area contributed by atoms with Gasteiger partial charge in [0.15, 0.2) is 0 Å². The normalized spacial score (nSPS) is 20.0. The van der Waals surface area contributed by atoms with Gasteiger partial charge in [0.2, 0.25) is 5.91 Å². The molecule has 2 aliphatic rings. The van der Waals surface area contributed by atoms with E-state index in [-0.39, 0.29) is 12.1 Å². The summed E-state index contributed by atoms with van der Waals surface area (Å²) >= 11 is 0. The predicted octanol–water partition coefficient (Wildman–Crippen LogP) is 4.04. The topological polar surface area (TPSA) is 57.3 Å². The van der Waals surface area contributed by atoms with Gasteiger partial charge in [-0.25, -0.2) is 0 Å². The van der Waals surface area contributed by atoms with Gasteiger partial charge in [-0.2, -0.15) is 0 Å². The van der Waals surface area contributed by atoms with Crippen LogP contribution in [0.4, 0.5) is 17.1 Å². The molecule has 1 amide bonds. The minimum atomic E-state index is -0.480. The molecular formula is C20H24N4O. The highest BCUT2D eigenvalue weighted by Crippen LogP contribution is 2.48. The molecule has 2 aliphatic heterocycles. The SMILES string of the molecule is CCCCN1C(=O)C(C)(C)c2cc3c(cc21)NC(c1cccnc1)N3. The molecule has 2 N–H and O–H groups in total. The third kappa shape index (κ3) is 2.46. The first-order valence-corrected chi connectivity index (χ1v) is 8.96. The van der Waals surface area contributed by atoms with Crippen LogP contribution in [0.2, 0.25) is 0 Å². The summed E-state index contributed by atoms with van der Waals surface area (Å²) < 4.78 is 0. The molecule has 5 nitrogen and oxygen atoms in total. The Bertz CT molecular complexity index is 816. The first-order valence-electron chi connectivity index (χ1n) is 8.96. The summed E-state index contributed by atoms with van der Waals surface area (Å²) in [6.45, 7) is 6.98. The number of benzene rings is 1. The molecule has 1 unspecified atom stereocenters. The van der Waals surface area contributed by atoms with Gasteiger partial charge in [-0.3, -0.25) is 9.78 Å². The number of carbonyl (C=O) groups excluding carboxylic acids is 1.